The van der Waals surface area contributed by atoms with Gasteiger partial charge in [0.2, 0.25) is 0 Å². The van der Waals surface area contributed by atoms with Crippen LogP contribution in [0.5, 0.6) is 0 Å². The number of carbonyl (C=O) groups excluding carboxylic acids is 1. The van der Waals surface area contributed by atoms with Gasteiger partial charge in [-0.15, -0.1) is 0 Å². The van der Waals surface area contributed by atoms with E-state index in [4.69, 9.17) is 9.16 Å². The van der Waals surface area contributed by atoms with E-state index in [0.29, 0.717) is 0 Å². The number of esters is 1. The van der Waals surface area contributed by atoms with E-state index in [1.165, 1.54) is 0 Å². The van der Waals surface area contributed by atoms with Gasteiger partial charge < -0.3 is 19.4 Å². The van der Waals surface area contributed by atoms with Crippen LogP contribution < -0.4 is 10.4 Å². The summed E-state index contributed by atoms with van der Waals surface area (Å²) in [6.07, 6.45) is -2.56. The molecule has 0 aliphatic rings. The molecule has 0 saturated heterocycles. The molecule has 2 aromatic rings. The zero-order valence-corrected chi connectivity index (χ0v) is 21.8. The quantitative estimate of drug-likeness (QED) is 0.204. The summed E-state index contributed by atoms with van der Waals surface area (Å²) >= 11 is 2.09. The molecule has 2 aromatic carbocycles. The van der Waals surface area contributed by atoms with Crippen LogP contribution in [-0.2, 0) is 14.0 Å². The average molecular weight is 557 g/mol. The van der Waals surface area contributed by atoms with E-state index in [0.717, 1.165) is 10.4 Å². The number of rotatable bonds is 10. The van der Waals surface area contributed by atoms with Gasteiger partial charge in [0.15, 0.2) is 0 Å². The normalized spacial score (nSPS) is 15.2. The summed E-state index contributed by atoms with van der Waals surface area (Å²) in [4.78, 5) is 11.7. The minimum Gasteiger partial charge on any atom is -0.466 e. The molecule has 5 nitrogen and oxygen atoms in total. The fourth-order valence-electron chi connectivity index (χ4n) is 3.82. The molecular formula is C24H33IO5Si. The van der Waals surface area contributed by atoms with Crippen LogP contribution in [0, 0.1) is 0 Å². The molecule has 0 aliphatic carbocycles. The second-order valence-electron chi connectivity index (χ2n) is 8.56. The first-order chi connectivity index (χ1) is 14.6. The Bertz CT molecular complexity index is 770. The first kappa shape index (κ1) is 26.0. The number of halogens is 1. The molecular weight excluding hydrogens is 523 g/mol. The maximum atomic E-state index is 11.7. The van der Waals surface area contributed by atoms with Crippen molar-refractivity contribution in [3.05, 3.63) is 60.7 Å². The summed E-state index contributed by atoms with van der Waals surface area (Å²) in [5, 5.41) is 23.0. The molecule has 2 N–H and O–H groups in total. The third kappa shape index (κ3) is 6.38. The highest BCUT2D eigenvalue weighted by atomic mass is 127. The maximum Gasteiger partial charge on any atom is 0.308 e. The zero-order chi connectivity index (χ0) is 23.1. The van der Waals surface area contributed by atoms with Crippen molar-refractivity contribution in [2.45, 2.75) is 55.3 Å². The van der Waals surface area contributed by atoms with Crippen molar-refractivity contribution in [3.63, 3.8) is 0 Å². The predicted molar refractivity (Wildman–Crippen MR) is 135 cm³/mol. The van der Waals surface area contributed by atoms with E-state index in [1.54, 1.807) is 6.92 Å². The Hall–Kier alpha value is -1.26. The van der Waals surface area contributed by atoms with Gasteiger partial charge >= 0.3 is 5.97 Å². The Balaban J connectivity index is 2.31. The van der Waals surface area contributed by atoms with E-state index in [9.17, 15) is 15.0 Å². The fourth-order valence-corrected chi connectivity index (χ4v) is 9.40. The predicted octanol–water partition coefficient (Wildman–Crippen LogP) is 3.04. The van der Waals surface area contributed by atoms with Gasteiger partial charge in [-0.1, -0.05) is 104 Å². The summed E-state index contributed by atoms with van der Waals surface area (Å²) in [5.74, 6) is -0.523. The van der Waals surface area contributed by atoms with Gasteiger partial charge in [-0.25, -0.2) is 0 Å². The summed E-state index contributed by atoms with van der Waals surface area (Å²) in [6.45, 7) is 8.76. The van der Waals surface area contributed by atoms with Gasteiger partial charge in [-0.05, 0) is 22.3 Å². The summed E-state index contributed by atoms with van der Waals surface area (Å²) in [7, 11) is -2.73. The Morgan fingerprint density at radius 1 is 1.00 bits per heavy atom. The maximum absolute atomic E-state index is 11.7. The molecule has 3 atom stereocenters. The second kappa shape index (κ2) is 11.6. The van der Waals surface area contributed by atoms with Crippen LogP contribution in [0.2, 0.25) is 5.04 Å². The number of hydrogen-bond acceptors (Lipinski definition) is 5. The topological polar surface area (TPSA) is 76.0 Å². The van der Waals surface area contributed by atoms with Crippen molar-refractivity contribution >= 4 is 47.3 Å². The number of aliphatic hydroxyl groups is 2. The molecule has 31 heavy (non-hydrogen) atoms. The van der Waals surface area contributed by atoms with E-state index >= 15 is 0 Å². The Morgan fingerprint density at radius 2 is 1.48 bits per heavy atom. The summed E-state index contributed by atoms with van der Waals surface area (Å²) in [6, 6.07) is 20.5. The molecule has 0 saturated carbocycles. The number of benzene rings is 2. The van der Waals surface area contributed by atoms with E-state index in [-0.39, 0.29) is 24.7 Å². The van der Waals surface area contributed by atoms with Crippen molar-refractivity contribution in [1.82, 2.24) is 0 Å². The van der Waals surface area contributed by atoms with Crippen molar-refractivity contribution in [2.75, 3.05) is 13.2 Å². The molecule has 7 heteroatoms. The zero-order valence-electron chi connectivity index (χ0n) is 18.6. The van der Waals surface area contributed by atoms with Crippen LogP contribution in [-0.4, -0.2) is 53.8 Å². The fraction of sp³-hybridized carbons (Fsp3) is 0.458. The summed E-state index contributed by atoms with van der Waals surface area (Å²) < 4.78 is 11.3. The average Bonchev–Trinajstić information content (AvgIpc) is 2.74. The van der Waals surface area contributed by atoms with Crippen molar-refractivity contribution in [1.29, 1.82) is 0 Å². The van der Waals surface area contributed by atoms with Crippen molar-refractivity contribution in [2.24, 2.45) is 0 Å². The molecule has 0 unspecified atom stereocenters. The van der Waals surface area contributed by atoms with Crippen LogP contribution >= 0.6 is 22.6 Å². The standard InChI is InChI=1S/C24H33IO5Si/c1-5-29-22(27)16-21(26)23(28)20(25)17-30-31(24(2,3)4,18-12-8-6-9-13-18)19-14-10-7-11-15-19/h6-15,20-21,23,26,28H,5,16-17H2,1-4H3/t20-,21-,23+/m0/s1. The Kier molecular flexibility index (Phi) is 9.69. The number of carbonyl (C=O) groups is 1. The Labute approximate surface area is 200 Å². The molecule has 2 rings (SSSR count). The SMILES string of the molecule is CCOC(=O)C[C@H](O)[C@H](O)[C@@H](I)CO[Si](c1ccccc1)(c1ccccc1)C(C)(C)C. The Morgan fingerprint density at radius 3 is 1.90 bits per heavy atom. The number of hydrogen-bond donors (Lipinski definition) is 2. The van der Waals surface area contributed by atoms with Crippen LogP contribution in [0.25, 0.3) is 0 Å². The first-order valence-electron chi connectivity index (χ1n) is 10.5. The van der Waals surface area contributed by atoms with Crippen LogP contribution in [0.15, 0.2) is 60.7 Å². The van der Waals surface area contributed by atoms with E-state index in [1.807, 2.05) is 36.4 Å². The van der Waals surface area contributed by atoms with Gasteiger partial charge in [0.1, 0.15) is 0 Å². The van der Waals surface area contributed by atoms with Gasteiger partial charge in [-0.3, -0.25) is 4.79 Å². The van der Waals surface area contributed by atoms with Crippen LogP contribution in [0.1, 0.15) is 34.1 Å². The summed E-state index contributed by atoms with van der Waals surface area (Å²) in [5.41, 5.74) is 0. The molecule has 0 aliphatic heterocycles. The molecule has 0 aromatic heterocycles. The molecule has 0 heterocycles. The number of ether oxygens (including phenoxy) is 1. The molecule has 170 valence electrons. The lowest BCUT2D eigenvalue weighted by atomic mass is 10.1. The molecule has 0 fully saturated rings. The lowest BCUT2D eigenvalue weighted by Gasteiger charge is -2.43. The highest BCUT2D eigenvalue weighted by Crippen LogP contribution is 2.37. The van der Waals surface area contributed by atoms with Gasteiger partial charge in [0.05, 0.1) is 29.2 Å². The highest BCUT2D eigenvalue weighted by molar-refractivity contribution is 14.1. The third-order valence-electron chi connectivity index (χ3n) is 5.32. The van der Waals surface area contributed by atoms with Crippen molar-refractivity contribution in [3.8, 4) is 0 Å². The molecule has 0 bridgehead atoms. The molecule has 0 radical (unpaired) electrons. The monoisotopic (exact) mass is 556 g/mol. The number of alkyl halides is 1. The second-order valence-corrected chi connectivity index (χ2v) is 14.5. The highest BCUT2D eigenvalue weighted by Gasteiger charge is 2.50. The number of aliphatic hydroxyl groups excluding tert-OH is 2. The van der Waals surface area contributed by atoms with E-state index < -0.39 is 30.4 Å². The van der Waals surface area contributed by atoms with Gasteiger partial charge in [0.25, 0.3) is 8.32 Å². The lowest BCUT2D eigenvalue weighted by Crippen LogP contribution is -2.67. The molecule has 0 spiro atoms. The first-order valence-corrected chi connectivity index (χ1v) is 13.7. The van der Waals surface area contributed by atoms with Crippen LogP contribution in [0.4, 0.5) is 0 Å². The minimum absolute atomic E-state index is 0.180. The lowest BCUT2D eigenvalue weighted by molar-refractivity contribution is -0.147. The smallest absolute Gasteiger partial charge is 0.308 e. The van der Waals surface area contributed by atoms with Crippen LogP contribution in [0.3, 0.4) is 0 Å². The molecule has 0 amide bonds. The van der Waals surface area contributed by atoms with Gasteiger partial charge in [-0.2, -0.15) is 0 Å². The largest absolute Gasteiger partial charge is 0.466 e. The third-order valence-corrected chi connectivity index (χ3v) is 11.4. The van der Waals surface area contributed by atoms with Crippen molar-refractivity contribution < 1.29 is 24.2 Å². The van der Waals surface area contributed by atoms with Gasteiger partial charge in [0, 0.05) is 6.61 Å². The van der Waals surface area contributed by atoms with E-state index in [2.05, 4.69) is 67.6 Å². The minimum atomic E-state index is -2.73.